The molecule has 1 rings (SSSR count). The summed E-state index contributed by atoms with van der Waals surface area (Å²) in [5.41, 5.74) is 6.14. The number of hydrogen-bond acceptors (Lipinski definition) is 3. The van der Waals surface area contributed by atoms with E-state index < -0.39 is 10.0 Å². The van der Waals surface area contributed by atoms with Crippen molar-refractivity contribution >= 4 is 10.0 Å². The fraction of sp³-hybridized carbons (Fsp3) is 0.467. The van der Waals surface area contributed by atoms with Gasteiger partial charge in [-0.3, -0.25) is 0 Å². The van der Waals surface area contributed by atoms with Crippen molar-refractivity contribution in [3.8, 4) is 11.8 Å². The van der Waals surface area contributed by atoms with Crippen LogP contribution in [0.15, 0.2) is 29.2 Å². The van der Waals surface area contributed by atoms with Crippen LogP contribution in [0.3, 0.4) is 0 Å². The van der Waals surface area contributed by atoms with Crippen LogP contribution in [0.2, 0.25) is 0 Å². The van der Waals surface area contributed by atoms with Crippen LogP contribution in [0.1, 0.15) is 32.8 Å². The van der Waals surface area contributed by atoms with Gasteiger partial charge in [-0.25, -0.2) is 13.1 Å². The highest BCUT2D eigenvalue weighted by Gasteiger charge is 2.15. The highest BCUT2D eigenvalue weighted by Crippen LogP contribution is 2.18. The van der Waals surface area contributed by atoms with E-state index in [1.54, 1.807) is 24.3 Å². The van der Waals surface area contributed by atoms with Crippen molar-refractivity contribution in [3.63, 3.8) is 0 Å². The van der Waals surface area contributed by atoms with E-state index in [1.165, 1.54) is 0 Å². The summed E-state index contributed by atoms with van der Waals surface area (Å²) < 4.78 is 26.8. The number of hydrogen-bond donors (Lipinski definition) is 2. The van der Waals surface area contributed by atoms with Gasteiger partial charge in [0, 0.05) is 12.1 Å². The summed E-state index contributed by atoms with van der Waals surface area (Å²) in [6.07, 6.45) is 0.784. The fourth-order valence-corrected chi connectivity index (χ4v) is 2.55. The molecule has 0 saturated carbocycles. The van der Waals surface area contributed by atoms with Crippen LogP contribution < -0.4 is 10.5 Å². The summed E-state index contributed by atoms with van der Waals surface area (Å²) in [6.45, 7) is 6.94. The van der Waals surface area contributed by atoms with Crippen molar-refractivity contribution in [2.24, 2.45) is 11.1 Å². The van der Waals surface area contributed by atoms with Gasteiger partial charge in [-0.1, -0.05) is 32.6 Å². The first-order chi connectivity index (χ1) is 9.24. The van der Waals surface area contributed by atoms with Crippen LogP contribution in [-0.2, 0) is 10.0 Å². The third-order valence-corrected chi connectivity index (χ3v) is 4.14. The Kier molecular flexibility index (Phi) is 5.75. The second kappa shape index (κ2) is 6.89. The average molecular weight is 294 g/mol. The Labute approximate surface area is 121 Å². The van der Waals surface area contributed by atoms with E-state index in [1.807, 2.05) is 0 Å². The molecule has 20 heavy (non-hydrogen) atoms. The third-order valence-electron chi connectivity index (χ3n) is 2.67. The van der Waals surface area contributed by atoms with E-state index >= 15 is 0 Å². The average Bonchev–Trinajstić information content (AvgIpc) is 2.35. The molecule has 0 saturated heterocycles. The van der Waals surface area contributed by atoms with Crippen LogP contribution in [0.5, 0.6) is 0 Å². The molecular formula is C15H22N2O2S. The number of benzene rings is 1. The number of rotatable bonds is 4. The Hall–Kier alpha value is -1.35. The van der Waals surface area contributed by atoms with Gasteiger partial charge in [0.25, 0.3) is 0 Å². The van der Waals surface area contributed by atoms with Gasteiger partial charge in [0.2, 0.25) is 10.0 Å². The zero-order valence-electron chi connectivity index (χ0n) is 12.2. The fourth-order valence-electron chi connectivity index (χ4n) is 1.51. The van der Waals surface area contributed by atoms with Crippen molar-refractivity contribution in [1.82, 2.24) is 4.72 Å². The summed E-state index contributed by atoms with van der Waals surface area (Å²) in [6, 6.07) is 6.47. The maximum absolute atomic E-state index is 12.1. The van der Waals surface area contributed by atoms with Gasteiger partial charge in [0.1, 0.15) is 0 Å². The molecule has 0 fully saturated rings. The van der Waals surface area contributed by atoms with E-state index in [4.69, 9.17) is 5.73 Å². The highest BCUT2D eigenvalue weighted by molar-refractivity contribution is 7.89. The molecule has 0 heterocycles. The van der Waals surface area contributed by atoms with Gasteiger partial charge < -0.3 is 5.73 Å². The molecule has 0 spiro atoms. The molecule has 4 nitrogen and oxygen atoms in total. The summed E-state index contributed by atoms with van der Waals surface area (Å²) >= 11 is 0. The van der Waals surface area contributed by atoms with Gasteiger partial charge >= 0.3 is 0 Å². The van der Waals surface area contributed by atoms with Gasteiger partial charge in [-0.05, 0) is 36.1 Å². The van der Waals surface area contributed by atoms with E-state index in [0.29, 0.717) is 6.54 Å². The Morgan fingerprint density at radius 3 is 2.30 bits per heavy atom. The summed E-state index contributed by atoms with van der Waals surface area (Å²) in [4.78, 5) is 0.254. The summed E-state index contributed by atoms with van der Waals surface area (Å²) in [5.74, 6) is 5.58. The number of nitrogens with two attached hydrogens (primary N) is 1. The largest absolute Gasteiger partial charge is 0.320 e. The highest BCUT2D eigenvalue weighted by atomic mass is 32.2. The van der Waals surface area contributed by atoms with Crippen LogP contribution in [0.4, 0.5) is 0 Å². The number of sulfonamides is 1. The molecule has 110 valence electrons. The van der Waals surface area contributed by atoms with E-state index in [9.17, 15) is 8.42 Å². The molecule has 0 atom stereocenters. The predicted octanol–water partition coefficient (Wildman–Crippen LogP) is 1.71. The van der Waals surface area contributed by atoms with Crippen LogP contribution >= 0.6 is 0 Å². The van der Waals surface area contributed by atoms with Crippen molar-refractivity contribution in [2.45, 2.75) is 32.1 Å². The molecule has 0 aliphatic carbocycles. The van der Waals surface area contributed by atoms with Gasteiger partial charge in [-0.15, -0.1) is 0 Å². The molecule has 0 aromatic heterocycles. The Morgan fingerprint density at radius 2 is 1.80 bits per heavy atom. The van der Waals surface area contributed by atoms with Gasteiger partial charge in [-0.2, -0.15) is 0 Å². The lowest BCUT2D eigenvalue weighted by Crippen LogP contribution is -2.27. The van der Waals surface area contributed by atoms with E-state index in [2.05, 4.69) is 37.3 Å². The predicted molar refractivity (Wildman–Crippen MR) is 81.6 cm³/mol. The first-order valence-corrected chi connectivity index (χ1v) is 8.02. The topological polar surface area (TPSA) is 72.2 Å². The molecule has 5 heteroatoms. The van der Waals surface area contributed by atoms with Crippen molar-refractivity contribution in [1.29, 1.82) is 0 Å². The molecule has 0 aliphatic rings. The molecule has 0 bridgehead atoms. The molecule has 0 amide bonds. The molecule has 1 aromatic carbocycles. The lowest BCUT2D eigenvalue weighted by atomic mass is 9.93. The Morgan fingerprint density at radius 1 is 1.20 bits per heavy atom. The molecule has 1 aromatic rings. The third kappa shape index (κ3) is 5.74. The summed E-state index contributed by atoms with van der Waals surface area (Å²) in [7, 11) is -3.44. The molecule has 0 unspecified atom stereocenters. The zero-order valence-corrected chi connectivity index (χ0v) is 13.0. The van der Waals surface area contributed by atoms with Gasteiger partial charge in [0.05, 0.1) is 11.4 Å². The monoisotopic (exact) mass is 294 g/mol. The first-order valence-electron chi connectivity index (χ1n) is 6.53. The van der Waals surface area contributed by atoms with Crippen molar-refractivity contribution in [2.75, 3.05) is 13.1 Å². The Bertz CT molecular complexity index is 587. The zero-order chi connectivity index (χ0) is 15.2. The molecular weight excluding hydrogens is 272 g/mol. The Balaban J connectivity index is 2.73. The van der Waals surface area contributed by atoms with Crippen LogP contribution in [0.25, 0.3) is 0 Å². The van der Waals surface area contributed by atoms with Crippen molar-refractivity contribution < 1.29 is 8.42 Å². The smallest absolute Gasteiger partial charge is 0.240 e. The van der Waals surface area contributed by atoms with E-state index in [-0.39, 0.29) is 16.9 Å². The lowest BCUT2D eigenvalue weighted by Gasteiger charge is -2.18. The van der Waals surface area contributed by atoms with Crippen LogP contribution in [-0.4, -0.2) is 21.5 Å². The SMILES string of the molecule is CC(C)(C)CCNS(=O)(=O)c1ccc(C#CCN)cc1. The maximum Gasteiger partial charge on any atom is 0.240 e. The molecule has 3 N–H and O–H groups in total. The minimum absolute atomic E-state index is 0.101. The van der Waals surface area contributed by atoms with Crippen molar-refractivity contribution in [3.05, 3.63) is 29.8 Å². The lowest BCUT2D eigenvalue weighted by molar-refractivity contribution is 0.378. The number of nitrogens with one attached hydrogen (secondary N) is 1. The normalized spacial score (nSPS) is 11.8. The molecule has 0 radical (unpaired) electrons. The summed E-state index contributed by atoms with van der Waals surface area (Å²) in [5, 5.41) is 0. The minimum Gasteiger partial charge on any atom is -0.320 e. The standard InChI is InChI=1S/C15H22N2O2S/c1-15(2,3)10-12-17-20(18,19)14-8-6-13(7-9-14)5-4-11-16/h6-9,17H,10-12,16H2,1-3H3. The second-order valence-electron chi connectivity index (χ2n) is 5.74. The van der Waals surface area contributed by atoms with Crippen LogP contribution in [0, 0.1) is 17.3 Å². The maximum atomic E-state index is 12.1. The second-order valence-corrected chi connectivity index (χ2v) is 7.51. The minimum atomic E-state index is -3.44. The molecule has 0 aliphatic heterocycles. The van der Waals surface area contributed by atoms with E-state index in [0.717, 1.165) is 12.0 Å². The quantitative estimate of drug-likeness (QED) is 0.830. The van der Waals surface area contributed by atoms with Gasteiger partial charge in [0.15, 0.2) is 0 Å². The first kappa shape index (κ1) is 16.7.